The Balaban J connectivity index is 2.11. The number of nitrogens with one attached hydrogen (secondary N) is 1. The van der Waals surface area contributed by atoms with Crippen LogP contribution >= 0.6 is 0 Å². The highest BCUT2D eigenvalue weighted by atomic mass is 14.9. The Morgan fingerprint density at radius 2 is 2.06 bits per heavy atom. The number of hydrogen-bond donors (Lipinski definition) is 1. The Kier molecular flexibility index (Phi) is 4.60. The van der Waals surface area contributed by atoms with E-state index in [0.29, 0.717) is 11.5 Å². The van der Waals surface area contributed by atoms with Crippen molar-refractivity contribution in [2.75, 3.05) is 6.54 Å². The molecule has 1 atom stereocenters. The molecule has 1 saturated carbocycles. The van der Waals surface area contributed by atoms with Crippen molar-refractivity contribution in [1.29, 1.82) is 0 Å². The van der Waals surface area contributed by atoms with Crippen molar-refractivity contribution in [2.24, 2.45) is 0 Å². The summed E-state index contributed by atoms with van der Waals surface area (Å²) in [5.41, 5.74) is 1.92. The first-order chi connectivity index (χ1) is 8.83. The van der Waals surface area contributed by atoms with Crippen LogP contribution in [0.4, 0.5) is 0 Å². The van der Waals surface area contributed by atoms with Crippen LogP contribution in [0.1, 0.15) is 44.6 Å². The van der Waals surface area contributed by atoms with Crippen LogP contribution in [0.15, 0.2) is 43.0 Å². The molecule has 18 heavy (non-hydrogen) atoms. The van der Waals surface area contributed by atoms with Gasteiger partial charge in [-0.05, 0) is 44.2 Å². The topological polar surface area (TPSA) is 12.0 Å². The summed E-state index contributed by atoms with van der Waals surface area (Å²) in [6.45, 7) is 7.22. The minimum absolute atomic E-state index is 0.402. The van der Waals surface area contributed by atoms with E-state index in [-0.39, 0.29) is 0 Å². The zero-order chi connectivity index (χ0) is 12.8. The summed E-state index contributed by atoms with van der Waals surface area (Å²) < 4.78 is 0. The number of hydrogen-bond acceptors (Lipinski definition) is 1. The Labute approximate surface area is 111 Å². The van der Waals surface area contributed by atoms with Gasteiger partial charge in [-0.3, -0.25) is 0 Å². The number of allylic oxidation sites excluding steroid dienone is 1. The van der Waals surface area contributed by atoms with Gasteiger partial charge >= 0.3 is 0 Å². The molecule has 1 nitrogen and oxygen atoms in total. The van der Waals surface area contributed by atoms with Gasteiger partial charge in [0.2, 0.25) is 0 Å². The van der Waals surface area contributed by atoms with Gasteiger partial charge in [0.1, 0.15) is 0 Å². The van der Waals surface area contributed by atoms with Crippen molar-refractivity contribution >= 4 is 0 Å². The molecule has 2 rings (SSSR count). The predicted octanol–water partition coefficient (Wildman–Crippen LogP) is 4.05. The minimum atomic E-state index is 0.402. The lowest BCUT2D eigenvalue weighted by molar-refractivity contribution is 0.394. The van der Waals surface area contributed by atoms with E-state index in [4.69, 9.17) is 0 Å². The van der Waals surface area contributed by atoms with Crippen molar-refractivity contribution in [1.82, 2.24) is 5.32 Å². The first kappa shape index (κ1) is 13.4. The molecular formula is C17H25N. The molecule has 0 aliphatic heterocycles. The smallest absolute Gasteiger partial charge is 0.0167 e. The van der Waals surface area contributed by atoms with Gasteiger partial charge in [0.25, 0.3) is 0 Å². The second-order valence-electron chi connectivity index (χ2n) is 5.39. The standard InChI is InChI=1S/C17H25N/c1-3-5-11-16(18-14-4-2)17(12-13-17)15-9-7-6-8-10-15/h3,6-10,16,18H,1,4-5,11-14H2,2H3. The van der Waals surface area contributed by atoms with Gasteiger partial charge in [-0.1, -0.05) is 43.3 Å². The van der Waals surface area contributed by atoms with Crippen LogP contribution in [0, 0.1) is 0 Å². The Morgan fingerprint density at radius 3 is 2.61 bits per heavy atom. The Bertz CT molecular complexity index is 364. The van der Waals surface area contributed by atoms with E-state index in [2.05, 4.69) is 49.2 Å². The summed E-state index contributed by atoms with van der Waals surface area (Å²) in [5, 5.41) is 3.76. The average Bonchev–Trinajstić information content (AvgIpc) is 3.21. The molecule has 0 heterocycles. The van der Waals surface area contributed by atoms with Gasteiger partial charge in [0.05, 0.1) is 0 Å². The monoisotopic (exact) mass is 243 g/mol. The zero-order valence-electron chi connectivity index (χ0n) is 11.5. The second kappa shape index (κ2) is 6.19. The lowest BCUT2D eigenvalue weighted by Crippen LogP contribution is -2.40. The number of benzene rings is 1. The lowest BCUT2D eigenvalue weighted by atomic mass is 9.85. The second-order valence-corrected chi connectivity index (χ2v) is 5.39. The third kappa shape index (κ3) is 2.84. The van der Waals surface area contributed by atoms with E-state index in [1.807, 2.05) is 6.08 Å². The summed E-state index contributed by atoms with van der Waals surface area (Å²) in [6, 6.07) is 11.6. The van der Waals surface area contributed by atoms with E-state index in [1.165, 1.54) is 31.2 Å². The molecule has 1 aromatic rings. The first-order valence-electron chi connectivity index (χ1n) is 7.23. The van der Waals surface area contributed by atoms with E-state index >= 15 is 0 Å². The normalized spacial score (nSPS) is 18.3. The van der Waals surface area contributed by atoms with Crippen LogP contribution in [0.25, 0.3) is 0 Å². The van der Waals surface area contributed by atoms with Gasteiger partial charge in [0, 0.05) is 11.5 Å². The Hall–Kier alpha value is -1.08. The first-order valence-corrected chi connectivity index (χ1v) is 7.23. The van der Waals surface area contributed by atoms with Crippen molar-refractivity contribution in [2.45, 2.75) is 50.5 Å². The third-order valence-corrected chi connectivity index (χ3v) is 4.10. The summed E-state index contributed by atoms with van der Waals surface area (Å²) in [4.78, 5) is 0. The number of rotatable bonds is 8. The van der Waals surface area contributed by atoms with Crippen LogP contribution in [-0.4, -0.2) is 12.6 Å². The molecule has 1 unspecified atom stereocenters. The van der Waals surface area contributed by atoms with Gasteiger partial charge < -0.3 is 5.32 Å². The van der Waals surface area contributed by atoms with Crippen molar-refractivity contribution in [3.8, 4) is 0 Å². The third-order valence-electron chi connectivity index (χ3n) is 4.10. The molecule has 1 aliphatic carbocycles. The largest absolute Gasteiger partial charge is 0.313 e. The van der Waals surface area contributed by atoms with E-state index in [1.54, 1.807) is 0 Å². The fourth-order valence-corrected chi connectivity index (χ4v) is 2.92. The van der Waals surface area contributed by atoms with E-state index in [0.717, 1.165) is 13.0 Å². The molecule has 1 aliphatic rings. The van der Waals surface area contributed by atoms with E-state index < -0.39 is 0 Å². The van der Waals surface area contributed by atoms with Crippen molar-refractivity contribution in [3.63, 3.8) is 0 Å². The molecule has 0 bridgehead atoms. The highest BCUT2D eigenvalue weighted by molar-refractivity contribution is 5.33. The molecular weight excluding hydrogens is 218 g/mol. The minimum Gasteiger partial charge on any atom is -0.313 e. The lowest BCUT2D eigenvalue weighted by Gasteiger charge is -2.28. The highest BCUT2D eigenvalue weighted by Crippen LogP contribution is 2.52. The van der Waals surface area contributed by atoms with Crippen LogP contribution in [0.5, 0.6) is 0 Å². The molecule has 98 valence electrons. The maximum absolute atomic E-state index is 3.86. The summed E-state index contributed by atoms with van der Waals surface area (Å²) in [5.74, 6) is 0. The quantitative estimate of drug-likeness (QED) is 0.679. The van der Waals surface area contributed by atoms with Crippen LogP contribution in [0.3, 0.4) is 0 Å². The predicted molar refractivity (Wildman–Crippen MR) is 78.9 cm³/mol. The zero-order valence-corrected chi connectivity index (χ0v) is 11.5. The summed E-state index contributed by atoms with van der Waals surface area (Å²) >= 11 is 0. The van der Waals surface area contributed by atoms with Gasteiger partial charge in [-0.2, -0.15) is 0 Å². The average molecular weight is 243 g/mol. The van der Waals surface area contributed by atoms with Crippen molar-refractivity contribution < 1.29 is 0 Å². The molecule has 0 aromatic heterocycles. The van der Waals surface area contributed by atoms with Crippen LogP contribution in [0.2, 0.25) is 0 Å². The summed E-state index contributed by atoms with van der Waals surface area (Å²) in [6.07, 6.45) is 8.22. The molecule has 1 heteroatoms. The Morgan fingerprint density at radius 1 is 1.33 bits per heavy atom. The molecule has 1 N–H and O–H groups in total. The van der Waals surface area contributed by atoms with Crippen LogP contribution in [-0.2, 0) is 5.41 Å². The molecule has 0 spiro atoms. The molecule has 0 radical (unpaired) electrons. The van der Waals surface area contributed by atoms with Crippen LogP contribution < -0.4 is 5.32 Å². The van der Waals surface area contributed by atoms with Gasteiger partial charge in [0.15, 0.2) is 0 Å². The molecule has 1 aromatic carbocycles. The highest BCUT2D eigenvalue weighted by Gasteiger charge is 2.49. The van der Waals surface area contributed by atoms with Crippen molar-refractivity contribution in [3.05, 3.63) is 48.6 Å². The van der Waals surface area contributed by atoms with E-state index in [9.17, 15) is 0 Å². The molecule has 0 amide bonds. The maximum atomic E-state index is 3.86. The molecule has 0 saturated heterocycles. The van der Waals surface area contributed by atoms with Gasteiger partial charge in [-0.15, -0.1) is 6.58 Å². The molecule has 1 fully saturated rings. The fraction of sp³-hybridized carbons (Fsp3) is 0.529. The van der Waals surface area contributed by atoms with Gasteiger partial charge in [-0.25, -0.2) is 0 Å². The fourth-order valence-electron chi connectivity index (χ4n) is 2.92. The maximum Gasteiger partial charge on any atom is 0.0167 e. The summed E-state index contributed by atoms with van der Waals surface area (Å²) in [7, 11) is 0. The SMILES string of the molecule is C=CCCC(NCCC)C1(c2ccccc2)CC1.